The lowest BCUT2D eigenvalue weighted by molar-refractivity contribution is -0.269. The van der Waals surface area contributed by atoms with E-state index >= 15 is 0 Å². The number of nitrogens with two attached hydrogens (primary N) is 1. The van der Waals surface area contributed by atoms with Crippen molar-refractivity contribution < 1.29 is 58.9 Å². The second kappa shape index (κ2) is 20.4. The molecular formula is C46H56N2O12. The van der Waals surface area contributed by atoms with Gasteiger partial charge in [0.15, 0.2) is 40.2 Å². The number of carbonyl (C=O) groups is 3. The minimum Gasteiger partial charge on any atom is -0.504 e. The second-order valence-electron chi connectivity index (χ2n) is 16.1. The zero-order valence-electron chi connectivity index (χ0n) is 33.6. The smallest absolute Gasteiger partial charge is 0.336 e. The fourth-order valence-electron chi connectivity index (χ4n) is 8.45. The molecule has 6 atom stereocenters. The van der Waals surface area contributed by atoms with Crippen LogP contribution >= 0.6 is 0 Å². The number of carboxylic acid groups (broad SMARTS) is 1. The molecule has 6 unspecified atom stereocenters. The molecule has 2 saturated carbocycles. The van der Waals surface area contributed by atoms with Crippen LogP contribution in [0.2, 0.25) is 0 Å². The van der Waals surface area contributed by atoms with Gasteiger partial charge in [-0.15, -0.1) is 0 Å². The predicted octanol–water partition coefficient (Wildman–Crippen LogP) is 4.69. The van der Waals surface area contributed by atoms with E-state index in [-0.39, 0.29) is 74.1 Å². The maximum absolute atomic E-state index is 14.3. The highest BCUT2D eigenvalue weighted by atomic mass is 16.6. The average Bonchev–Trinajstić information content (AvgIpc) is 3.76. The Bertz CT molecular complexity index is 2000. The Morgan fingerprint density at radius 1 is 0.917 bits per heavy atom. The van der Waals surface area contributed by atoms with E-state index in [0.29, 0.717) is 24.0 Å². The minimum absolute atomic E-state index is 0.0358. The maximum Gasteiger partial charge on any atom is 0.336 e. The van der Waals surface area contributed by atoms with Gasteiger partial charge in [0.1, 0.15) is 31.0 Å². The van der Waals surface area contributed by atoms with Gasteiger partial charge < -0.3 is 55.5 Å². The summed E-state index contributed by atoms with van der Waals surface area (Å²) in [7, 11) is 0. The van der Waals surface area contributed by atoms with Crippen molar-refractivity contribution in [2.45, 2.75) is 93.3 Å². The molecule has 1 saturated heterocycles. The molecule has 14 heteroatoms. The van der Waals surface area contributed by atoms with Crippen LogP contribution in [0.15, 0.2) is 78.9 Å². The number of rotatable bonds is 18. The number of aryl methyl sites for hydroxylation is 1. The number of carbonyl (C=O) groups excluding carboxylic acids is 2. The number of aliphatic carboxylic acids is 1. The van der Waals surface area contributed by atoms with Crippen molar-refractivity contribution in [3.8, 4) is 23.0 Å². The third kappa shape index (κ3) is 11.4. The maximum atomic E-state index is 14.3. The molecule has 322 valence electrons. The van der Waals surface area contributed by atoms with Gasteiger partial charge in [-0.05, 0) is 91.1 Å². The van der Waals surface area contributed by atoms with Gasteiger partial charge in [0.05, 0.1) is 12.7 Å². The largest absolute Gasteiger partial charge is 0.504 e. The first kappa shape index (κ1) is 44.5. The van der Waals surface area contributed by atoms with Crippen molar-refractivity contribution in [2.75, 3.05) is 32.9 Å². The summed E-state index contributed by atoms with van der Waals surface area (Å²) in [6.07, 6.45) is 6.54. The molecule has 3 fully saturated rings. The summed E-state index contributed by atoms with van der Waals surface area (Å²) >= 11 is 0. The van der Waals surface area contributed by atoms with Gasteiger partial charge in [-0.2, -0.15) is 0 Å². The van der Waals surface area contributed by atoms with Crippen molar-refractivity contribution in [2.24, 2.45) is 11.7 Å². The molecule has 0 amide bonds. The van der Waals surface area contributed by atoms with Crippen LogP contribution in [0.1, 0.15) is 68.1 Å². The first-order chi connectivity index (χ1) is 28.9. The van der Waals surface area contributed by atoms with Crippen LogP contribution in [0, 0.1) is 5.92 Å². The van der Waals surface area contributed by atoms with E-state index in [1.165, 1.54) is 42.5 Å². The number of benzene rings is 3. The monoisotopic (exact) mass is 828 g/mol. The van der Waals surface area contributed by atoms with Gasteiger partial charge in [-0.1, -0.05) is 67.5 Å². The lowest BCUT2D eigenvalue weighted by Gasteiger charge is -2.54. The van der Waals surface area contributed by atoms with Crippen LogP contribution in [0.3, 0.4) is 0 Å². The van der Waals surface area contributed by atoms with E-state index in [9.17, 15) is 39.9 Å². The number of carboxylic acids is 1. The first-order valence-electron chi connectivity index (χ1n) is 20.6. The summed E-state index contributed by atoms with van der Waals surface area (Å²) in [5.41, 5.74) is 3.81. The van der Waals surface area contributed by atoms with E-state index in [0.717, 1.165) is 31.2 Å². The number of ketones is 2. The van der Waals surface area contributed by atoms with Crippen LogP contribution < -0.4 is 15.8 Å². The number of aliphatic hydroxyl groups is 1. The predicted molar refractivity (Wildman–Crippen MR) is 223 cm³/mol. The number of hydrogen-bond donors (Lipinski definition) is 7. The van der Waals surface area contributed by atoms with Crippen LogP contribution in [0.25, 0.3) is 12.2 Å². The SMILES string of the molecule is NCCOc1ccc(C=CC(=O)COC2(C(=O)O)CC(O)C3OCC(CCc4ccccc4)CC(C(=O)C=Cc4ccc(O)c(O)c4)OC3(CNC3CCCC3)C2)cc1O. The van der Waals surface area contributed by atoms with Gasteiger partial charge >= 0.3 is 5.97 Å². The average molecular weight is 829 g/mol. The van der Waals surface area contributed by atoms with Gasteiger partial charge in [0, 0.05) is 32.0 Å². The summed E-state index contributed by atoms with van der Waals surface area (Å²) in [5, 5.41) is 56.5. The van der Waals surface area contributed by atoms with Crippen molar-refractivity contribution in [3.05, 3.63) is 95.6 Å². The molecular weight excluding hydrogens is 773 g/mol. The minimum atomic E-state index is -2.11. The van der Waals surface area contributed by atoms with E-state index < -0.39 is 60.1 Å². The zero-order valence-corrected chi connectivity index (χ0v) is 33.6. The number of aliphatic hydroxyl groups excluding tert-OH is 1. The zero-order chi connectivity index (χ0) is 42.7. The van der Waals surface area contributed by atoms with Crippen molar-refractivity contribution in [1.82, 2.24) is 5.32 Å². The molecule has 1 aliphatic heterocycles. The number of phenols is 3. The Hall–Kier alpha value is -5.09. The number of phenolic OH excluding ortho intramolecular Hbond substituents is 3. The number of fused-ring (bicyclic) bond motifs is 1. The Morgan fingerprint density at radius 2 is 1.63 bits per heavy atom. The van der Waals surface area contributed by atoms with Crippen LogP contribution in [0.4, 0.5) is 0 Å². The number of ether oxygens (including phenoxy) is 4. The summed E-state index contributed by atoms with van der Waals surface area (Å²) < 4.78 is 24.9. The Kier molecular flexibility index (Phi) is 15.2. The highest BCUT2D eigenvalue weighted by molar-refractivity contribution is 5.97. The summed E-state index contributed by atoms with van der Waals surface area (Å²) in [4.78, 5) is 40.8. The van der Waals surface area contributed by atoms with E-state index in [4.69, 9.17) is 24.7 Å². The standard InChI is InChI=1S/C46H56N2O12/c47-20-21-57-41-19-15-31(23-39(41)53)12-16-35(49)27-59-45(44(55)56)25-40(54)43-46(28-45,29-48-34-8-4-5-9-34)60-42(37(51)18-14-32-13-17-36(50)38(52)22-32)24-33(26-58-43)11-10-30-6-2-1-3-7-30/h1-3,6-7,12-19,22-23,33-34,40,42-43,48,50,52-54H,4-5,8-11,20-21,24-29,47H2,(H,55,56). The van der Waals surface area contributed by atoms with Gasteiger partial charge in [0.2, 0.25) is 0 Å². The van der Waals surface area contributed by atoms with Gasteiger partial charge in [-0.3, -0.25) is 9.59 Å². The Labute approximate surface area is 349 Å². The molecule has 6 rings (SSSR count). The topological polar surface area (TPSA) is 227 Å². The molecule has 3 aromatic carbocycles. The molecule has 1 heterocycles. The number of aromatic hydroxyl groups is 3. The van der Waals surface area contributed by atoms with Crippen LogP contribution in [0.5, 0.6) is 23.0 Å². The molecule has 0 radical (unpaired) electrons. The molecule has 2 aliphatic carbocycles. The first-order valence-corrected chi connectivity index (χ1v) is 20.6. The second-order valence-corrected chi connectivity index (χ2v) is 16.1. The highest BCUT2D eigenvalue weighted by Gasteiger charge is 2.61. The van der Waals surface area contributed by atoms with E-state index in [2.05, 4.69) is 5.32 Å². The molecule has 0 bridgehead atoms. The molecule has 14 nitrogen and oxygen atoms in total. The van der Waals surface area contributed by atoms with Crippen LogP contribution in [-0.4, -0.2) is 112 Å². The van der Waals surface area contributed by atoms with Crippen molar-refractivity contribution in [3.63, 3.8) is 0 Å². The molecule has 3 aromatic rings. The molecule has 60 heavy (non-hydrogen) atoms. The lowest BCUT2D eigenvalue weighted by atomic mass is 9.70. The summed E-state index contributed by atoms with van der Waals surface area (Å²) in [6.45, 7) is 0.0350. The molecule has 8 N–H and O–H groups in total. The molecule has 3 aliphatic rings. The summed E-state index contributed by atoms with van der Waals surface area (Å²) in [5.74, 6) is -3.12. The van der Waals surface area contributed by atoms with Gasteiger partial charge in [0.25, 0.3) is 0 Å². The van der Waals surface area contributed by atoms with E-state index in [1.807, 2.05) is 30.3 Å². The van der Waals surface area contributed by atoms with Crippen molar-refractivity contribution in [1.29, 1.82) is 0 Å². The third-order valence-electron chi connectivity index (χ3n) is 11.6. The van der Waals surface area contributed by atoms with E-state index in [1.54, 1.807) is 18.2 Å². The fraction of sp³-hybridized carbons (Fsp3) is 0.457. The highest BCUT2D eigenvalue weighted by Crippen LogP contribution is 2.45. The number of nitrogens with one attached hydrogen (secondary N) is 1. The Morgan fingerprint density at radius 3 is 2.33 bits per heavy atom. The summed E-state index contributed by atoms with van der Waals surface area (Å²) in [6, 6.07) is 18.8. The number of hydrogen-bond acceptors (Lipinski definition) is 13. The molecule has 0 spiro atoms. The quantitative estimate of drug-likeness (QED) is 0.0682. The van der Waals surface area contributed by atoms with Gasteiger partial charge in [-0.25, -0.2) is 4.79 Å². The third-order valence-corrected chi connectivity index (χ3v) is 11.6. The Balaban J connectivity index is 1.28. The van der Waals surface area contributed by atoms with Crippen LogP contribution in [-0.2, 0) is 35.0 Å². The fourth-order valence-corrected chi connectivity index (χ4v) is 8.45. The van der Waals surface area contributed by atoms with Crippen molar-refractivity contribution >= 4 is 29.7 Å². The normalized spacial score (nSPS) is 26.1. The lowest BCUT2D eigenvalue weighted by Crippen LogP contribution is -2.70. The molecule has 0 aromatic heterocycles.